The fourth-order valence-corrected chi connectivity index (χ4v) is 2.37. The summed E-state index contributed by atoms with van der Waals surface area (Å²) >= 11 is 0. The van der Waals surface area contributed by atoms with Crippen LogP contribution in [0.2, 0.25) is 0 Å². The Morgan fingerprint density at radius 2 is 1.90 bits per heavy atom. The van der Waals surface area contributed by atoms with Crippen LogP contribution in [0.3, 0.4) is 0 Å². The van der Waals surface area contributed by atoms with E-state index in [2.05, 4.69) is 0 Å². The van der Waals surface area contributed by atoms with Crippen LogP contribution in [0, 0.1) is 0 Å². The highest BCUT2D eigenvalue weighted by atomic mass is 16.5. The minimum absolute atomic E-state index is 0.184. The number of aldehydes is 1. The largest absolute Gasteiger partial charge is 0.493 e. The Hall–Kier alpha value is -2.76. The van der Waals surface area contributed by atoms with Crippen molar-refractivity contribution in [1.29, 1.82) is 0 Å². The summed E-state index contributed by atoms with van der Waals surface area (Å²) in [6.07, 6.45) is 0.600. The van der Waals surface area contributed by atoms with Gasteiger partial charge in [-0.2, -0.15) is 0 Å². The average molecular weight is 287 g/mol. The van der Waals surface area contributed by atoms with Gasteiger partial charge in [-0.05, 0) is 23.8 Å². The first-order valence-electron chi connectivity index (χ1n) is 6.29. The Morgan fingerprint density at radius 1 is 1.19 bits per heavy atom. The van der Waals surface area contributed by atoms with Gasteiger partial charge < -0.3 is 13.9 Å². The Balaban J connectivity index is 1.99. The van der Waals surface area contributed by atoms with Crippen molar-refractivity contribution in [3.8, 4) is 11.5 Å². The van der Waals surface area contributed by atoms with Crippen LogP contribution in [0.25, 0.3) is 0 Å². The Bertz CT molecular complexity index is 719. The molecule has 0 fully saturated rings. The number of carbonyl (C=O) groups excluding carboxylic acids is 2. The standard InChI is InChI=1S/C15H13NO5/c1-19-12-5-9-7-16(14-4-3-10(8-17)21-14)15(18)11(9)6-13(12)20-2/h3-6,8H,7H2,1-2H3. The number of furan rings is 1. The van der Waals surface area contributed by atoms with E-state index in [0.29, 0.717) is 35.8 Å². The van der Waals surface area contributed by atoms with E-state index in [4.69, 9.17) is 13.9 Å². The molecule has 6 nitrogen and oxygen atoms in total. The molecule has 2 aromatic rings. The lowest BCUT2D eigenvalue weighted by atomic mass is 10.1. The van der Waals surface area contributed by atoms with E-state index in [1.807, 2.05) is 0 Å². The summed E-state index contributed by atoms with van der Waals surface area (Å²) < 4.78 is 15.7. The van der Waals surface area contributed by atoms with Crippen LogP contribution in [0.5, 0.6) is 11.5 Å². The summed E-state index contributed by atoms with van der Waals surface area (Å²) in [6, 6.07) is 6.55. The lowest BCUT2D eigenvalue weighted by Crippen LogP contribution is -2.22. The summed E-state index contributed by atoms with van der Waals surface area (Å²) in [5.41, 5.74) is 1.36. The molecular weight excluding hydrogens is 274 g/mol. The number of fused-ring (bicyclic) bond motifs is 1. The fraction of sp³-hybridized carbons (Fsp3) is 0.200. The van der Waals surface area contributed by atoms with Crippen LogP contribution in [-0.2, 0) is 6.54 Å². The molecule has 1 aliphatic rings. The van der Waals surface area contributed by atoms with Crippen molar-refractivity contribution in [2.75, 3.05) is 19.1 Å². The third kappa shape index (κ3) is 2.05. The molecule has 2 heterocycles. The third-order valence-electron chi connectivity index (χ3n) is 3.41. The van der Waals surface area contributed by atoms with Crippen LogP contribution in [0.4, 0.5) is 5.88 Å². The molecule has 0 bridgehead atoms. The van der Waals surface area contributed by atoms with Gasteiger partial charge in [0.1, 0.15) is 0 Å². The van der Waals surface area contributed by atoms with Crippen molar-refractivity contribution in [2.24, 2.45) is 0 Å². The zero-order valence-corrected chi connectivity index (χ0v) is 11.6. The normalized spacial score (nSPS) is 13.2. The zero-order valence-electron chi connectivity index (χ0n) is 11.6. The summed E-state index contributed by atoms with van der Waals surface area (Å²) in [4.78, 5) is 24.6. The topological polar surface area (TPSA) is 69.0 Å². The maximum atomic E-state index is 12.4. The molecule has 1 aromatic carbocycles. The second-order valence-electron chi connectivity index (χ2n) is 4.55. The number of rotatable bonds is 4. The molecule has 0 aliphatic carbocycles. The molecule has 3 rings (SSSR count). The maximum Gasteiger partial charge on any atom is 0.261 e. The Kier molecular flexibility index (Phi) is 3.13. The van der Waals surface area contributed by atoms with E-state index in [0.717, 1.165) is 5.56 Å². The first kappa shape index (κ1) is 13.2. The van der Waals surface area contributed by atoms with Gasteiger partial charge in [0.15, 0.2) is 23.5 Å². The average Bonchev–Trinajstić information content (AvgIpc) is 3.10. The highest BCUT2D eigenvalue weighted by Crippen LogP contribution is 2.36. The van der Waals surface area contributed by atoms with Crippen molar-refractivity contribution < 1.29 is 23.5 Å². The fourth-order valence-electron chi connectivity index (χ4n) is 2.37. The van der Waals surface area contributed by atoms with Crippen molar-refractivity contribution in [3.05, 3.63) is 41.2 Å². The second kappa shape index (κ2) is 4.97. The molecule has 0 spiro atoms. The SMILES string of the molecule is COc1cc2c(cc1OC)C(=O)N(c1ccc(C=O)o1)C2. The highest BCUT2D eigenvalue weighted by Gasteiger charge is 2.32. The van der Waals surface area contributed by atoms with E-state index in [9.17, 15) is 9.59 Å². The van der Waals surface area contributed by atoms with Crippen LogP contribution in [0.1, 0.15) is 26.5 Å². The van der Waals surface area contributed by atoms with E-state index in [1.54, 1.807) is 25.3 Å². The molecule has 0 radical (unpaired) electrons. The number of amides is 1. The second-order valence-corrected chi connectivity index (χ2v) is 4.55. The smallest absolute Gasteiger partial charge is 0.261 e. The molecule has 1 amide bonds. The van der Waals surface area contributed by atoms with Crippen molar-refractivity contribution in [3.63, 3.8) is 0 Å². The van der Waals surface area contributed by atoms with Crippen LogP contribution in [-0.4, -0.2) is 26.4 Å². The molecule has 1 aliphatic heterocycles. The number of carbonyl (C=O) groups is 2. The third-order valence-corrected chi connectivity index (χ3v) is 3.41. The van der Waals surface area contributed by atoms with Gasteiger partial charge in [0.2, 0.25) is 5.88 Å². The van der Waals surface area contributed by atoms with Crippen molar-refractivity contribution >= 4 is 18.1 Å². The van der Waals surface area contributed by atoms with E-state index >= 15 is 0 Å². The van der Waals surface area contributed by atoms with E-state index < -0.39 is 0 Å². The van der Waals surface area contributed by atoms with Gasteiger partial charge in [-0.25, -0.2) is 0 Å². The predicted octanol–water partition coefficient (Wildman–Crippen LogP) is 2.27. The summed E-state index contributed by atoms with van der Waals surface area (Å²) in [5.74, 6) is 1.40. The number of methoxy groups -OCH3 is 2. The highest BCUT2D eigenvalue weighted by molar-refractivity contribution is 6.09. The number of hydrogen-bond donors (Lipinski definition) is 0. The van der Waals surface area contributed by atoms with Crippen molar-refractivity contribution in [2.45, 2.75) is 6.54 Å². The molecule has 0 saturated carbocycles. The predicted molar refractivity (Wildman–Crippen MR) is 74.2 cm³/mol. The maximum absolute atomic E-state index is 12.4. The number of anilines is 1. The van der Waals surface area contributed by atoms with Gasteiger partial charge in [-0.1, -0.05) is 0 Å². The van der Waals surface area contributed by atoms with Crippen LogP contribution >= 0.6 is 0 Å². The summed E-state index contributed by atoms with van der Waals surface area (Å²) in [5, 5.41) is 0. The van der Waals surface area contributed by atoms with Gasteiger partial charge in [0, 0.05) is 11.6 Å². The molecule has 0 unspecified atom stereocenters. The van der Waals surface area contributed by atoms with Gasteiger partial charge in [0.25, 0.3) is 5.91 Å². The molecule has 0 saturated heterocycles. The van der Waals surface area contributed by atoms with Crippen molar-refractivity contribution in [1.82, 2.24) is 0 Å². The zero-order chi connectivity index (χ0) is 15.0. The number of ether oxygens (including phenoxy) is 2. The van der Waals surface area contributed by atoms with Gasteiger partial charge in [-0.3, -0.25) is 14.5 Å². The lowest BCUT2D eigenvalue weighted by Gasteiger charge is -2.10. The molecule has 0 atom stereocenters. The number of benzene rings is 1. The molecule has 0 N–H and O–H groups in total. The minimum Gasteiger partial charge on any atom is -0.493 e. The van der Waals surface area contributed by atoms with Crippen LogP contribution < -0.4 is 14.4 Å². The van der Waals surface area contributed by atoms with E-state index in [1.165, 1.54) is 18.1 Å². The van der Waals surface area contributed by atoms with Gasteiger partial charge >= 0.3 is 0 Å². The Labute approximate surface area is 120 Å². The van der Waals surface area contributed by atoms with E-state index in [-0.39, 0.29) is 11.7 Å². The molecule has 21 heavy (non-hydrogen) atoms. The van der Waals surface area contributed by atoms with Crippen LogP contribution in [0.15, 0.2) is 28.7 Å². The monoisotopic (exact) mass is 287 g/mol. The lowest BCUT2D eigenvalue weighted by molar-refractivity contribution is 0.0989. The first-order chi connectivity index (χ1) is 10.2. The quantitative estimate of drug-likeness (QED) is 0.807. The van der Waals surface area contributed by atoms with Gasteiger partial charge in [0.05, 0.1) is 20.8 Å². The summed E-state index contributed by atoms with van der Waals surface area (Å²) in [7, 11) is 3.06. The minimum atomic E-state index is -0.197. The molecule has 108 valence electrons. The first-order valence-corrected chi connectivity index (χ1v) is 6.29. The number of hydrogen-bond acceptors (Lipinski definition) is 5. The van der Waals surface area contributed by atoms with Gasteiger partial charge in [-0.15, -0.1) is 0 Å². The summed E-state index contributed by atoms with van der Waals surface area (Å²) in [6.45, 7) is 0.361. The Morgan fingerprint density at radius 3 is 2.52 bits per heavy atom. The molecule has 1 aromatic heterocycles. The molecule has 6 heteroatoms. The number of nitrogens with zero attached hydrogens (tertiary/aromatic N) is 1. The molecular formula is C15H13NO5.